The number of anilines is 1. The lowest BCUT2D eigenvalue weighted by Crippen LogP contribution is -1.75. The van der Waals surface area contributed by atoms with Crippen LogP contribution in [0.1, 0.15) is 0 Å². The molecule has 0 saturated heterocycles. The van der Waals surface area contributed by atoms with E-state index in [4.69, 9.17) is 11.8 Å². The molecule has 0 spiro atoms. The maximum Gasteiger partial charge on any atom is 0.0814 e. The lowest BCUT2D eigenvalue weighted by Gasteiger charge is -1.91. The highest BCUT2D eigenvalue weighted by Gasteiger charge is 1.79. The molecule has 0 fully saturated rings. The Labute approximate surface area is 75.9 Å². The topological polar surface area (TPSA) is 12.0 Å². The molecule has 0 bridgehead atoms. The van der Waals surface area contributed by atoms with Gasteiger partial charge in [-0.15, -0.1) is 0 Å². The van der Waals surface area contributed by atoms with Crippen LogP contribution in [-0.2, 0) is 0 Å². The van der Waals surface area contributed by atoms with E-state index < -0.39 is 0 Å². The molecule has 6 heteroatoms. The third kappa shape index (κ3) is 7.27. The SMILES string of the molecule is B.ClNc1ccccc1.F.F.F. The van der Waals surface area contributed by atoms with Crippen LogP contribution >= 0.6 is 11.8 Å². The second-order valence-corrected chi connectivity index (χ2v) is 1.65. The molecule has 1 nitrogen and oxygen atoms in total. The molecule has 0 heterocycles. The monoisotopic (exact) mass is 201 g/mol. The molecule has 0 aliphatic carbocycles. The minimum Gasteiger partial charge on any atom is -0.299 e. The number of hydrogen-bond acceptors (Lipinski definition) is 1. The molecule has 1 aromatic rings. The molecule has 12 heavy (non-hydrogen) atoms. The molecule has 72 valence electrons. The van der Waals surface area contributed by atoms with Crippen LogP contribution in [0.4, 0.5) is 19.8 Å². The Morgan fingerprint density at radius 2 is 1.33 bits per heavy atom. The summed E-state index contributed by atoms with van der Waals surface area (Å²) in [4.78, 5) is 2.50. The zero-order valence-corrected chi connectivity index (χ0v) is 6.25. The van der Waals surface area contributed by atoms with Crippen molar-refractivity contribution >= 4 is 25.9 Å². The van der Waals surface area contributed by atoms with E-state index in [0.29, 0.717) is 0 Å². The van der Waals surface area contributed by atoms with Crippen molar-refractivity contribution in [3.8, 4) is 0 Å². The first-order valence-corrected chi connectivity index (χ1v) is 2.73. The van der Waals surface area contributed by atoms with Gasteiger partial charge in [0.25, 0.3) is 0 Å². The van der Waals surface area contributed by atoms with Crippen LogP contribution in [-0.4, -0.2) is 8.41 Å². The normalized spacial score (nSPS) is 5.75. The molecule has 1 N–H and O–H groups in total. The molecular formula is C6H12BClF3N. The smallest absolute Gasteiger partial charge is 0.0814 e. The Bertz CT molecular complexity index is 164. The molecule has 0 saturated carbocycles. The molecule has 0 amide bonds. The number of para-hydroxylation sites is 1. The summed E-state index contributed by atoms with van der Waals surface area (Å²) in [7, 11) is 0. The van der Waals surface area contributed by atoms with Gasteiger partial charge in [0.05, 0.1) is 8.41 Å². The van der Waals surface area contributed by atoms with E-state index >= 15 is 0 Å². The first-order valence-electron chi connectivity index (χ1n) is 2.35. The van der Waals surface area contributed by atoms with Gasteiger partial charge in [-0.25, -0.2) is 0 Å². The Morgan fingerprint density at radius 3 is 1.58 bits per heavy atom. The third-order valence-electron chi connectivity index (χ3n) is 0.883. The van der Waals surface area contributed by atoms with Crippen LogP contribution in [0.2, 0.25) is 0 Å². The highest BCUT2D eigenvalue weighted by Crippen LogP contribution is 2.04. The fourth-order valence-corrected chi connectivity index (χ4v) is 0.627. The van der Waals surface area contributed by atoms with Crippen molar-refractivity contribution in [1.29, 1.82) is 0 Å². The van der Waals surface area contributed by atoms with E-state index in [1.54, 1.807) is 0 Å². The Morgan fingerprint density at radius 1 is 0.917 bits per heavy atom. The molecule has 0 unspecified atom stereocenters. The summed E-state index contributed by atoms with van der Waals surface area (Å²) < 4.78 is 0. The predicted molar refractivity (Wildman–Crippen MR) is 53.4 cm³/mol. The highest BCUT2D eigenvalue weighted by molar-refractivity contribution is 6.23. The van der Waals surface area contributed by atoms with Gasteiger partial charge in [0.15, 0.2) is 0 Å². The van der Waals surface area contributed by atoms with E-state index in [0.717, 1.165) is 5.69 Å². The van der Waals surface area contributed by atoms with E-state index in [9.17, 15) is 0 Å². The van der Waals surface area contributed by atoms with Gasteiger partial charge >= 0.3 is 0 Å². The zero-order chi connectivity index (χ0) is 5.82. The number of rotatable bonds is 1. The molecule has 0 atom stereocenters. The lowest BCUT2D eigenvalue weighted by atomic mass is 10.3. The number of nitrogens with one attached hydrogen (secondary N) is 1. The van der Waals surface area contributed by atoms with E-state index in [1.165, 1.54) is 0 Å². The summed E-state index contributed by atoms with van der Waals surface area (Å²) in [6.45, 7) is 0. The summed E-state index contributed by atoms with van der Waals surface area (Å²) in [6.07, 6.45) is 0. The van der Waals surface area contributed by atoms with Crippen LogP contribution in [0.5, 0.6) is 0 Å². The molecular weight excluding hydrogens is 189 g/mol. The molecule has 1 rings (SSSR count). The summed E-state index contributed by atoms with van der Waals surface area (Å²) in [6, 6.07) is 9.58. The summed E-state index contributed by atoms with van der Waals surface area (Å²) in [5.74, 6) is 0. The minimum atomic E-state index is 0. The molecule has 0 radical (unpaired) electrons. The van der Waals surface area contributed by atoms with Gasteiger partial charge in [-0.05, 0) is 12.1 Å². The summed E-state index contributed by atoms with van der Waals surface area (Å²) >= 11 is 5.28. The van der Waals surface area contributed by atoms with Crippen molar-refractivity contribution in [3.63, 3.8) is 0 Å². The first kappa shape index (κ1) is 22.5. The predicted octanol–water partition coefficient (Wildman–Crippen LogP) is 1.53. The van der Waals surface area contributed by atoms with Crippen LogP contribution in [0.3, 0.4) is 0 Å². The van der Waals surface area contributed by atoms with Crippen LogP contribution in [0.25, 0.3) is 0 Å². The van der Waals surface area contributed by atoms with Crippen molar-refractivity contribution in [1.82, 2.24) is 0 Å². The fraction of sp³-hybridized carbons (Fsp3) is 0. The Balaban J connectivity index is -0.0000000800. The Hall–Kier alpha value is -0.835. The first-order chi connectivity index (χ1) is 3.93. The fourth-order valence-electron chi connectivity index (χ4n) is 0.501. The minimum absolute atomic E-state index is 0. The van der Waals surface area contributed by atoms with E-state index in [-0.39, 0.29) is 22.5 Å². The summed E-state index contributed by atoms with van der Waals surface area (Å²) in [5, 5.41) is 0. The molecule has 1 aromatic carbocycles. The average molecular weight is 201 g/mol. The van der Waals surface area contributed by atoms with Crippen molar-refractivity contribution in [2.45, 2.75) is 0 Å². The third-order valence-corrected chi connectivity index (χ3v) is 1.10. The van der Waals surface area contributed by atoms with Crippen LogP contribution in [0, 0.1) is 0 Å². The number of halogens is 4. The zero-order valence-electron chi connectivity index (χ0n) is 5.49. The van der Waals surface area contributed by atoms with Gasteiger partial charge in [0.2, 0.25) is 0 Å². The average Bonchev–Trinajstić information content (AvgIpc) is 1.90. The van der Waals surface area contributed by atoms with Crippen molar-refractivity contribution < 1.29 is 14.1 Å². The second kappa shape index (κ2) is 12.8. The van der Waals surface area contributed by atoms with Gasteiger partial charge in [-0.3, -0.25) is 18.9 Å². The molecule has 0 aromatic heterocycles. The maximum atomic E-state index is 5.28. The highest BCUT2D eigenvalue weighted by atomic mass is 35.5. The second-order valence-electron chi connectivity index (χ2n) is 1.46. The van der Waals surface area contributed by atoms with Gasteiger partial charge < -0.3 is 0 Å². The van der Waals surface area contributed by atoms with E-state index in [2.05, 4.69) is 4.84 Å². The largest absolute Gasteiger partial charge is 0.299 e. The standard InChI is InChI=1S/C6H6ClN.BH3.3FH/c7-8-6-4-2-1-3-5-6;;;;/h1-5,8H;1H3;3*1H. The van der Waals surface area contributed by atoms with Gasteiger partial charge in [0.1, 0.15) is 0 Å². The van der Waals surface area contributed by atoms with Crippen molar-refractivity contribution in [2.24, 2.45) is 0 Å². The number of hydrogen-bond donors (Lipinski definition) is 1. The molecule has 0 aliphatic heterocycles. The maximum absolute atomic E-state index is 5.28. The van der Waals surface area contributed by atoms with Crippen LogP contribution in [0.15, 0.2) is 30.3 Å². The lowest BCUT2D eigenvalue weighted by molar-refractivity contribution is 1.11. The Kier molecular flexibility index (Phi) is 24.0. The van der Waals surface area contributed by atoms with Gasteiger partial charge in [0, 0.05) is 17.5 Å². The number of benzene rings is 1. The quantitative estimate of drug-likeness (QED) is 0.537. The molecule has 0 aliphatic rings. The summed E-state index contributed by atoms with van der Waals surface area (Å²) in [5.41, 5.74) is 0.925. The van der Waals surface area contributed by atoms with Crippen molar-refractivity contribution in [3.05, 3.63) is 30.3 Å². The van der Waals surface area contributed by atoms with E-state index in [1.807, 2.05) is 30.3 Å². The van der Waals surface area contributed by atoms with Gasteiger partial charge in [-0.2, -0.15) is 0 Å². The van der Waals surface area contributed by atoms with Gasteiger partial charge in [-0.1, -0.05) is 18.2 Å². The van der Waals surface area contributed by atoms with Crippen LogP contribution < -0.4 is 4.84 Å². The van der Waals surface area contributed by atoms with Crippen molar-refractivity contribution in [2.75, 3.05) is 4.84 Å².